The normalized spacial score (nSPS) is 23.2. The number of nitrogens with zero attached hydrogens (tertiary/aromatic N) is 2. The molecule has 2 unspecified atom stereocenters. The number of aromatic nitrogens is 2. The average molecular weight is 231 g/mol. The molecule has 0 amide bonds. The lowest BCUT2D eigenvalue weighted by atomic mass is 10.2. The van der Waals surface area contributed by atoms with Gasteiger partial charge in [-0.2, -0.15) is 0 Å². The highest BCUT2D eigenvalue weighted by molar-refractivity contribution is 5.79. The molecule has 1 aromatic carbocycles. The molecule has 2 atom stereocenters. The Kier molecular flexibility index (Phi) is 2.33. The van der Waals surface area contributed by atoms with E-state index in [0.29, 0.717) is 5.69 Å². The number of rotatable bonds is 3. The van der Waals surface area contributed by atoms with E-state index in [1.165, 1.54) is 6.42 Å². The molecule has 2 aromatic rings. The van der Waals surface area contributed by atoms with Crippen molar-refractivity contribution < 1.29 is 5.11 Å². The van der Waals surface area contributed by atoms with Crippen molar-refractivity contribution >= 4 is 16.7 Å². The first-order valence-corrected chi connectivity index (χ1v) is 6.04. The Labute approximate surface area is 100 Å². The van der Waals surface area contributed by atoms with Crippen LogP contribution in [0, 0.1) is 11.8 Å². The van der Waals surface area contributed by atoms with Gasteiger partial charge in [0.05, 0.1) is 11.0 Å². The Morgan fingerprint density at radius 1 is 1.53 bits per heavy atom. The molecule has 1 aliphatic carbocycles. The number of aliphatic hydroxyl groups is 1. The van der Waals surface area contributed by atoms with E-state index >= 15 is 0 Å². The summed E-state index contributed by atoms with van der Waals surface area (Å²) in [6, 6.07) is 5.74. The number of imidazole rings is 1. The number of anilines is 1. The van der Waals surface area contributed by atoms with Crippen LogP contribution in [0.4, 0.5) is 5.69 Å². The number of hydrogen-bond donors (Lipinski definition) is 2. The van der Waals surface area contributed by atoms with Crippen LogP contribution in [0.25, 0.3) is 11.0 Å². The van der Waals surface area contributed by atoms with Crippen molar-refractivity contribution in [2.45, 2.75) is 26.5 Å². The van der Waals surface area contributed by atoms with Crippen LogP contribution in [0.15, 0.2) is 18.2 Å². The third-order valence-electron chi connectivity index (χ3n) is 3.69. The first-order chi connectivity index (χ1) is 8.19. The van der Waals surface area contributed by atoms with Crippen molar-refractivity contribution in [3.8, 4) is 0 Å². The van der Waals surface area contributed by atoms with Crippen LogP contribution in [-0.4, -0.2) is 14.7 Å². The second-order valence-electron chi connectivity index (χ2n) is 5.02. The Morgan fingerprint density at radius 3 is 2.94 bits per heavy atom. The topological polar surface area (TPSA) is 64.1 Å². The van der Waals surface area contributed by atoms with Gasteiger partial charge in [-0.25, -0.2) is 4.98 Å². The van der Waals surface area contributed by atoms with Crippen molar-refractivity contribution in [2.24, 2.45) is 11.8 Å². The monoisotopic (exact) mass is 231 g/mol. The molecule has 3 N–H and O–H groups in total. The molecule has 1 saturated carbocycles. The maximum Gasteiger partial charge on any atom is 0.135 e. The van der Waals surface area contributed by atoms with Gasteiger partial charge < -0.3 is 15.4 Å². The Hall–Kier alpha value is -1.55. The maximum atomic E-state index is 9.37. The fourth-order valence-corrected chi connectivity index (χ4v) is 2.41. The molecule has 4 heteroatoms. The SMILES string of the molecule is CC1CC1Cn1c(CO)nc2cc(N)ccc21. The van der Waals surface area contributed by atoms with Crippen molar-refractivity contribution in [1.82, 2.24) is 9.55 Å². The van der Waals surface area contributed by atoms with Gasteiger partial charge in [-0.3, -0.25) is 0 Å². The first-order valence-electron chi connectivity index (χ1n) is 6.04. The number of benzene rings is 1. The summed E-state index contributed by atoms with van der Waals surface area (Å²) >= 11 is 0. The minimum absolute atomic E-state index is 0.0182. The first kappa shape index (κ1) is 10.6. The standard InChI is InChI=1S/C13H17N3O/c1-8-4-9(8)6-16-12-3-2-10(14)5-11(12)15-13(16)7-17/h2-3,5,8-9,17H,4,6-7,14H2,1H3. The molecule has 4 nitrogen and oxygen atoms in total. The van der Waals surface area contributed by atoms with Gasteiger partial charge in [0.2, 0.25) is 0 Å². The highest BCUT2D eigenvalue weighted by atomic mass is 16.3. The number of aliphatic hydroxyl groups excluding tert-OH is 1. The van der Waals surface area contributed by atoms with E-state index < -0.39 is 0 Å². The third-order valence-corrected chi connectivity index (χ3v) is 3.69. The third kappa shape index (κ3) is 1.78. The van der Waals surface area contributed by atoms with Gasteiger partial charge in [-0.15, -0.1) is 0 Å². The highest BCUT2D eigenvalue weighted by Crippen LogP contribution is 2.39. The van der Waals surface area contributed by atoms with Gasteiger partial charge in [0, 0.05) is 12.2 Å². The number of nitrogens with two attached hydrogens (primary N) is 1. The van der Waals surface area contributed by atoms with Gasteiger partial charge in [0.1, 0.15) is 12.4 Å². The number of hydrogen-bond acceptors (Lipinski definition) is 3. The van der Waals surface area contributed by atoms with Crippen LogP contribution >= 0.6 is 0 Å². The molecule has 0 saturated heterocycles. The summed E-state index contributed by atoms with van der Waals surface area (Å²) in [4.78, 5) is 4.43. The predicted octanol–water partition coefficient (Wildman–Crippen LogP) is 1.77. The lowest BCUT2D eigenvalue weighted by Crippen LogP contribution is -2.06. The maximum absolute atomic E-state index is 9.37. The zero-order valence-electron chi connectivity index (χ0n) is 9.93. The van der Waals surface area contributed by atoms with Gasteiger partial charge >= 0.3 is 0 Å². The summed E-state index contributed by atoms with van der Waals surface area (Å²) in [5, 5.41) is 9.37. The van der Waals surface area contributed by atoms with E-state index in [1.807, 2.05) is 18.2 Å². The summed E-state index contributed by atoms with van der Waals surface area (Å²) in [5.74, 6) is 2.27. The Bertz CT molecular complexity index is 561. The Balaban J connectivity index is 2.06. The van der Waals surface area contributed by atoms with Crippen LogP contribution < -0.4 is 5.73 Å². The van der Waals surface area contributed by atoms with Crippen LogP contribution in [0.3, 0.4) is 0 Å². The van der Waals surface area contributed by atoms with Gasteiger partial charge in [0.25, 0.3) is 0 Å². The zero-order valence-corrected chi connectivity index (χ0v) is 9.93. The molecule has 0 bridgehead atoms. The molecule has 17 heavy (non-hydrogen) atoms. The van der Waals surface area contributed by atoms with E-state index in [4.69, 9.17) is 5.73 Å². The van der Waals surface area contributed by atoms with Crippen molar-refractivity contribution in [1.29, 1.82) is 0 Å². The fourth-order valence-electron chi connectivity index (χ4n) is 2.41. The average Bonchev–Trinajstić information content (AvgIpc) is 2.88. The highest BCUT2D eigenvalue weighted by Gasteiger charge is 2.33. The molecular weight excluding hydrogens is 214 g/mol. The smallest absolute Gasteiger partial charge is 0.135 e. The van der Waals surface area contributed by atoms with Crippen LogP contribution in [-0.2, 0) is 13.2 Å². The predicted molar refractivity (Wildman–Crippen MR) is 67.3 cm³/mol. The van der Waals surface area contributed by atoms with Crippen molar-refractivity contribution in [2.75, 3.05) is 5.73 Å². The molecule has 0 radical (unpaired) electrons. The fraction of sp³-hybridized carbons (Fsp3) is 0.462. The molecule has 1 fully saturated rings. The number of nitrogen functional groups attached to an aromatic ring is 1. The van der Waals surface area contributed by atoms with E-state index in [9.17, 15) is 5.11 Å². The van der Waals surface area contributed by atoms with Crippen LogP contribution in [0.1, 0.15) is 19.2 Å². The van der Waals surface area contributed by atoms with Crippen LogP contribution in [0.5, 0.6) is 0 Å². The lowest BCUT2D eigenvalue weighted by Gasteiger charge is -2.06. The molecule has 1 aromatic heterocycles. The lowest BCUT2D eigenvalue weighted by molar-refractivity contribution is 0.265. The van der Waals surface area contributed by atoms with Gasteiger partial charge in [-0.1, -0.05) is 6.92 Å². The van der Waals surface area contributed by atoms with E-state index in [-0.39, 0.29) is 6.61 Å². The second kappa shape index (κ2) is 3.74. The van der Waals surface area contributed by atoms with Crippen molar-refractivity contribution in [3.63, 3.8) is 0 Å². The minimum atomic E-state index is -0.0182. The molecule has 3 rings (SSSR count). The summed E-state index contributed by atoms with van der Waals surface area (Å²) in [7, 11) is 0. The number of fused-ring (bicyclic) bond motifs is 1. The minimum Gasteiger partial charge on any atom is -0.399 e. The largest absolute Gasteiger partial charge is 0.399 e. The quantitative estimate of drug-likeness (QED) is 0.791. The summed E-state index contributed by atoms with van der Waals surface area (Å²) in [5.41, 5.74) is 8.41. The van der Waals surface area contributed by atoms with E-state index in [1.54, 1.807) is 0 Å². The summed E-state index contributed by atoms with van der Waals surface area (Å²) in [6.07, 6.45) is 1.28. The molecule has 1 aliphatic rings. The van der Waals surface area contributed by atoms with Crippen molar-refractivity contribution in [3.05, 3.63) is 24.0 Å². The molecule has 90 valence electrons. The Morgan fingerprint density at radius 2 is 2.29 bits per heavy atom. The zero-order chi connectivity index (χ0) is 12.0. The summed E-state index contributed by atoms with van der Waals surface area (Å²) < 4.78 is 2.13. The van der Waals surface area contributed by atoms with Gasteiger partial charge in [-0.05, 0) is 36.5 Å². The van der Waals surface area contributed by atoms with E-state index in [2.05, 4.69) is 16.5 Å². The molecule has 0 spiro atoms. The molecular formula is C13H17N3O. The summed E-state index contributed by atoms with van der Waals surface area (Å²) in [6.45, 7) is 3.20. The van der Waals surface area contributed by atoms with E-state index in [0.717, 1.165) is 35.2 Å². The van der Waals surface area contributed by atoms with Crippen LogP contribution in [0.2, 0.25) is 0 Å². The second-order valence-corrected chi connectivity index (χ2v) is 5.02. The molecule has 1 heterocycles. The van der Waals surface area contributed by atoms with Gasteiger partial charge in [0.15, 0.2) is 0 Å². The molecule has 0 aliphatic heterocycles.